The van der Waals surface area contributed by atoms with Crippen molar-refractivity contribution in [2.75, 3.05) is 13.1 Å². The second kappa shape index (κ2) is 7.00. The summed E-state index contributed by atoms with van der Waals surface area (Å²) in [4.78, 5) is 15.4. The van der Waals surface area contributed by atoms with Crippen LogP contribution in [0.5, 0.6) is 0 Å². The minimum absolute atomic E-state index is 0.174. The molecule has 2 fully saturated rings. The molecule has 1 aromatic heterocycles. The van der Waals surface area contributed by atoms with Gasteiger partial charge in [-0.15, -0.1) is 0 Å². The fourth-order valence-electron chi connectivity index (χ4n) is 3.76. The van der Waals surface area contributed by atoms with Gasteiger partial charge in [-0.25, -0.2) is 0 Å². The van der Waals surface area contributed by atoms with Gasteiger partial charge in [0.2, 0.25) is 0 Å². The van der Waals surface area contributed by atoms with Crippen LogP contribution in [0, 0.1) is 5.92 Å². The third kappa shape index (κ3) is 3.76. The molecule has 4 rings (SSSR count). The summed E-state index contributed by atoms with van der Waals surface area (Å²) >= 11 is 0. The van der Waals surface area contributed by atoms with Gasteiger partial charge in [-0.2, -0.15) is 5.10 Å². The first-order valence-corrected chi connectivity index (χ1v) is 9.28. The molecule has 1 N–H and O–H groups in total. The summed E-state index contributed by atoms with van der Waals surface area (Å²) < 4.78 is 1.80. The van der Waals surface area contributed by atoms with Gasteiger partial charge in [-0.3, -0.25) is 9.48 Å². The molecule has 2 aliphatic rings. The van der Waals surface area contributed by atoms with Crippen molar-refractivity contribution in [2.45, 2.75) is 38.3 Å². The highest BCUT2D eigenvalue weighted by molar-refractivity contribution is 5.96. The highest BCUT2D eigenvalue weighted by Crippen LogP contribution is 2.31. The molecule has 1 saturated heterocycles. The van der Waals surface area contributed by atoms with Crippen molar-refractivity contribution in [3.05, 3.63) is 53.3 Å². The van der Waals surface area contributed by atoms with Crippen LogP contribution in [0.2, 0.25) is 0 Å². The summed E-state index contributed by atoms with van der Waals surface area (Å²) in [5.74, 6) is 0.814. The minimum atomic E-state index is 0.174. The SMILES string of the molecule is Cn1cc(CN(C(=O)c2ccccc2CC2CCNC2)C2CC2)cn1. The van der Waals surface area contributed by atoms with Crippen molar-refractivity contribution in [2.24, 2.45) is 13.0 Å². The van der Waals surface area contributed by atoms with E-state index < -0.39 is 0 Å². The molecular weight excluding hydrogens is 312 g/mol. The Balaban J connectivity index is 1.55. The molecule has 5 heteroatoms. The van der Waals surface area contributed by atoms with E-state index in [0.717, 1.165) is 43.5 Å². The molecule has 1 atom stereocenters. The Bertz CT molecular complexity index is 744. The molecular formula is C20H26N4O. The fraction of sp³-hybridized carbons (Fsp3) is 0.500. The largest absolute Gasteiger partial charge is 0.331 e. The Morgan fingerprint density at radius 2 is 2.16 bits per heavy atom. The number of hydrogen-bond donors (Lipinski definition) is 1. The molecule has 132 valence electrons. The van der Waals surface area contributed by atoms with Crippen molar-refractivity contribution in [3.8, 4) is 0 Å². The van der Waals surface area contributed by atoms with E-state index in [2.05, 4.69) is 22.5 Å². The van der Waals surface area contributed by atoms with Crippen molar-refractivity contribution in [1.29, 1.82) is 0 Å². The Labute approximate surface area is 149 Å². The monoisotopic (exact) mass is 338 g/mol. The average Bonchev–Trinajstić information content (AvgIpc) is 3.17. The number of nitrogens with one attached hydrogen (secondary N) is 1. The highest BCUT2D eigenvalue weighted by Gasteiger charge is 2.34. The maximum Gasteiger partial charge on any atom is 0.254 e. The van der Waals surface area contributed by atoms with Crippen LogP contribution in [-0.2, 0) is 20.0 Å². The normalized spacial score (nSPS) is 20.0. The smallest absolute Gasteiger partial charge is 0.254 e. The van der Waals surface area contributed by atoms with Gasteiger partial charge in [0.05, 0.1) is 6.20 Å². The van der Waals surface area contributed by atoms with Gasteiger partial charge in [-0.1, -0.05) is 18.2 Å². The molecule has 25 heavy (non-hydrogen) atoms. The first-order chi connectivity index (χ1) is 12.2. The van der Waals surface area contributed by atoms with Crippen LogP contribution in [0.3, 0.4) is 0 Å². The lowest BCUT2D eigenvalue weighted by Crippen LogP contribution is -2.33. The number of carbonyl (C=O) groups is 1. The van der Waals surface area contributed by atoms with Crippen LogP contribution < -0.4 is 5.32 Å². The quantitative estimate of drug-likeness (QED) is 0.880. The third-order valence-electron chi connectivity index (χ3n) is 5.28. The van der Waals surface area contributed by atoms with E-state index >= 15 is 0 Å². The summed E-state index contributed by atoms with van der Waals surface area (Å²) in [6.07, 6.45) is 8.27. The molecule has 1 amide bonds. The van der Waals surface area contributed by atoms with E-state index in [4.69, 9.17) is 0 Å². The molecule has 5 nitrogen and oxygen atoms in total. The number of hydrogen-bond acceptors (Lipinski definition) is 3. The van der Waals surface area contributed by atoms with Gasteiger partial charge in [0, 0.05) is 37.0 Å². The van der Waals surface area contributed by atoms with Gasteiger partial charge in [-0.05, 0) is 56.3 Å². The summed E-state index contributed by atoms with van der Waals surface area (Å²) in [5.41, 5.74) is 3.17. The maximum atomic E-state index is 13.3. The zero-order valence-electron chi connectivity index (χ0n) is 14.8. The summed E-state index contributed by atoms with van der Waals surface area (Å²) in [7, 11) is 1.91. The molecule has 1 aliphatic carbocycles. The van der Waals surface area contributed by atoms with E-state index in [9.17, 15) is 4.79 Å². The molecule has 1 aromatic carbocycles. The topological polar surface area (TPSA) is 50.2 Å². The minimum Gasteiger partial charge on any atom is -0.331 e. The number of carbonyl (C=O) groups excluding carboxylic acids is 1. The maximum absolute atomic E-state index is 13.3. The van der Waals surface area contributed by atoms with E-state index in [1.165, 1.54) is 12.0 Å². The first-order valence-electron chi connectivity index (χ1n) is 9.28. The molecule has 1 saturated carbocycles. The molecule has 2 aromatic rings. The van der Waals surface area contributed by atoms with E-state index in [-0.39, 0.29) is 5.91 Å². The Hall–Kier alpha value is -2.14. The molecule has 0 bridgehead atoms. The molecule has 1 aliphatic heterocycles. The second-order valence-electron chi connectivity index (χ2n) is 7.41. The van der Waals surface area contributed by atoms with Crippen LogP contribution in [0.15, 0.2) is 36.7 Å². The summed E-state index contributed by atoms with van der Waals surface area (Å²) in [5, 5.41) is 7.66. The van der Waals surface area contributed by atoms with Crippen LogP contribution in [0.4, 0.5) is 0 Å². The standard InChI is InChI=1S/C20H26N4O/c1-23-13-16(12-22-23)14-24(18-6-7-18)20(25)19-5-3-2-4-17(19)10-15-8-9-21-11-15/h2-5,12-13,15,18,21H,6-11,14H2,1H3. The lowest BCUT2D eigenvalue weighted by atomic mass is 9.94. The Morgan fingerprint density at radius 1 is 1.32 bits per heavy atom. The van der Waals surface area contributed by atoms with Crippen LogP contribution in [0.25, 0.3) is 0 Å². The summed E-state index contributed by atoms with van der Waals surface area (Å²) in [6.45, 7) is 2.80. The Kier molecular flexibility index (Phi) is 4.57. The van der Waals surface area contributed by atoms with Crippen molar-refractivity contribution >= 4 is 5.91 Å². The lowest BCUT2D eigenvalue weighted by Gasteiger charge is -2.24. The van der Waals surface area contributed by atoms with Gasteiger partial charge in [0.25, 0.3) is 5.91 Å². The van der Waals surface area contributed by atoms with E-state index in [1.807, 2.05) is 36.5 Å². The number of aryl methyl sites for hydroxylation is 1. The van der Waals surface area contributed by atoms with Gasteiger partial charge >= 0.3 is 0 Å². The Morgan fingerprint density at radius 3 is 2.84 bits per heavy atom. The number of nitrogens with zero attached hydrogens (tertiary/aromatic N) is 3. The van der Waals surface area contributed by atoms with E-state index in [1.54, 1.807) is 4.68 Å². The fourth-order valence-corrected chi connectivity index (χ4v) is 3.76. The van der Waals surface area contributed by atoms with Crippen molar-refractivity contribution < 1.29 is 4.79 Å². The van der Waals surface area contributed by atoms with Crippen LogP contribution in [-0.4, -0.2) is 39.7 Å². The first kappa shape index (κ1) is 16.3. The van der Waals surface area contributed by atoms with Gasteiger partial charge < -0.3 is 10.2 Å². The van der Waals surface area contributed by atoms with E-state index in [0.29, 0.717) is 18.5 Å². The number of benzene rings is 1. The second-order valence-corrected chi connectivity index (χ2v) is 7.41. The third-order valence-corrected chi connectivity index (χ3v) is 5.28. The van der Waals surface area contributed by atoms with Gasteiger partial charge in [0.1, 0.15) is 0 Å². The summed E-state index contributed by atoms with van der Waals surface area (Å²) in [6, 6.07) is 8.55. The number of aromatic nitrogens is 2. The van der Waals surface area contributed by atoms with Gasteiger partial charge in [0.15, 0.2) is 0 Å². The zero-order chi connectivity index (χ0) is 17.2. The van der Waals surface area contributed by atoms with Crippen LogP contribution >= 0.6 is 0 Å². The predicted molar refractivity (Wildman–Crippen MR) is 97.2 cm³/mol. The average molecular weight is 338 g/mol. The lowest BCUT2D eigenvalue weighted by molar-refractivity contribution is 0.0728. The highest BCUT2D eigenvalue weighted by atomic mass is 16.2. The predicted octanol–water partition coefficient (Wildman–Crippen LogP) is 2.38. The molecule has 1 unspecified atom stereocenters. The zero-order valence-corrected chi connectivity index (χ0v) is 14.8. The number of rotatable bonds is 6. The van der Waals surface area contributed by atoms with Crippen LogP contribution in [0.1, 0.15) is 40.7 Å². The molecule has 2 heterocycles. The molecule has 0 radical (unpaired) electrons. The van der Waals surface area contributed by atoms with Crippen molar-refractivity contribution in [1.82, 2.24) is 20.0 Å². The molecule has 0 spiro atoms. The number of amides is 1. The van der Waals surface area contributed by atoms with Crippen molar-refractivity contribution in [3.63, 3.8) is 0 Å².